The van der Waals surface area contributed by atoms with E-state index >= 15 is 0 Å². The zero-order valence-electron chi connectivity index (χ0n) is 11.4. The molecule has 0 aliphatic rings. The fraction of sp³-hybridized carbons (Fsp3) is 0.538. The van der Waals surface area contributed by atoms with Gasteiger partial charge in [0.2, 0.25) is 0 Å². The van der Waals surface area contributed by atoms with Gasteiger partial charge in [-0.05, 0) is 12.1 Å². The topological polar surface area (TPSA) is 87.1 Å². The lowest BCUT2D eigenvalue weighted by molar-refractivity contribution is 0.0178. The van der Waals surface area contributed by atoms with Gasteiger partial charge in [-0.1, -0.05) is 0 Å². The van der Waals surface area contributed by atoms with Crippen molar-refractivity contribution >= 4 is 5.97 Å². The van der Waals surface area contributed by atoms with Crippen LogP contribution in [0.15, 0.2) is 18.3 Å². The Bertz CT molecular complexity index is 398. The van der Waals surface area contributed by atoms with E-state index in [2.05, 4.69) is 4.98 Å². The van der Waals surface area contributed by atoms with Crippen LogP contribution in [-0.2, 0) is 14.2 Å². The molecule has 112 valence electrons. The quantitative estimate of drug-likeness (QED) is 0.603. The second-order valence-corrected chi connectivity index (χ2v) is 3.72. The highest BCUT2D eigenvalue weighted by Gasteiger charge is 2.11. The summed E-state index contributed by atoms with van der Waals surface area (Å²) in [4.78, 5) is 14.6. The smallest absolute Gasteiger partial charge is 0.358 e. The average Bonchev–Trinajstić information content (AvgIpc) is 2.46. The molecule has 7 heteroatoms. The number of hydrogen-bond acceptors (Lipinski definition) is 6. The maximum absolute atomic E-state index is 10.9. The lowest BCUT2D eigenvalue weighted by Crippen LogP contribution is -2.13. The molecule has 1 rings (SSSR count). The third-order valence-electron chi connectivity index (χ3n) is 2.26. The van der Waals surface area contributed by atoms with Crippen LogP contribution in [0.1, 0.15) is 10.5 Å². The molecule has 0 aromatic carbocycles. The molecule has 1 aromatic heterocycles. The summed E-state index contributed by atoms with van der Waals surface area (Å²) in [6.07, 6.45) is 1.41. The molecule has 0 aliphatic heterocycles. The second kappa shape index (κ2) is 10.1. The first-order valence-corrected chi connectivity index (χ1v) is 6.21. The zero-order valence-corrected chi connectivity index (χ0v) is 11.4. The maximum Gasteiger partial charge on any atom is 0.358 e. The number of methoxy groups -OCH3 is 1. The highest BCUT2D eigenvalue weighted by Crippen LogP contribution is 2.14. The molecule has 0 fully saturated rings. The molecule has 0 spiro atoms. The predicted octanol–water partition coefficient (Wildman–Crippen LogP) is 0.838. The van der Waals surface area contributed by atoms with E-state index in [1.54, 1.807) is 19.2 Å². The first-order valence-electron chi connectivity index (χ1n) is 6.21. The van der Waals surface area contributed by atoms with Crippen LogP contribution in [0.25, 0.3) is 0 Å². The number of rotatable bonds is 11. The molecule has 1 heterocycles. The Morgan fingerprint density at radius 3 is 2.45 bits per heavy atom. The van der Waals surface area contributed by atoms with Crippen LogP contribution < -0.4 is 4.74 Å². The van der Waals surface area contributed by atoms with E-state index in [0.717, 1.165) is 0 Å². The van der Waals surface area contributed by atoms with Crippen LogP contribution in [0.5, 0.6) is 5.75 Å². The van der Waals surface area contributed by atoms with Crippen molar-refractivity contribution in [2.24, 2.45) is 0 Å². The Morgan fingerprint density at radius 1 is 1.15 bits per heavy atom. The van der Waals surface area contributed by atoms with Crippen LogP contribution in [0.2, 0.25) is 0 Å². The highest BCUT2D eigenvalue weighted by molar-refractivity contribution is 5.88. The van der Waals surface area contributed by atoms with E-state index < -0.39 is 5.97 Å². The zero-order chi connectivity index (χ0) is 14.6. The average molecular weight is 285 g/mol. The van der Waals surface area contributed by atoms with Crippen molar-refractivity contribution in [3.8, 4) is 5.75 Å². The number of ether oxygens (including phenoxy) is 4. The van der Waals surface area contributed by atoms with Crippen molar-refractivity contribution in [3.05, 3.63) is 24.0 Å². The summed E-state index contributed by atoms with van der Waals surface area (Å²) >= 11 is 0. The van der Waals surface area contributed by atoms with Gasteiger partial charge >= 0.3 is 5.97 Å². The van der Waals surface area contributed by atoms with Gasteiger partial charge in [0.15, 0.2) is 11.4 Å². The molecule has 0 unspecified atom stereocenters. The molecule has 0 saturated carbocycles. The number of nitrogens with zero attached hydrogens (tertiary/aromatic N) is 1. The predicted molar refractivity (Wildman–Crippen MR) is 70.2 cm³/mol. The number of carbonyl (C=O) groups is 1. The van der Waals surface area contributed by atoms with E-state index in [4.69, 9.17) is 24.1 Å². The van der Waals surface area contributed by atoms with Crippen LogP contribution in [0.3, 0.4) is 0 Å². The minimum absolute atomic E-state index is 0.101. The molecule has 0 radical (unpaired) electrons. The third-order valence-corrected chi connectivity index (χ3v) is 2.26. The lowest BCUT2D eigenvalue weighted by Gasteiger charge is -2.09. The van der Waals surface area contributed by atoms with E-state index in [1.165, 1.54) is 6.20 Å². The van der Waals surface area contributed by atoms with Crippen molar-refractivity contribution in [3.63, 3.8) is 0 Å². The van der Waals surface area contributed by atoms with E-state index in [9.17, 15) is 4.79 Å². The number of carboxylic acids is 1. The van der Waals surface area contributed by atoms with Gasteiger partial charge in [0.05, 0.1) is 33.0 Å². The van der Waals surface area contributed by atoms with Crippen LogP contribution in [0, 0.1) is 0 Å². The van der Waals surface area contributed by atoms with Gasteiger partial charge in [-0.15, -0.1) is 0 Å². The molecule has 7 nitrogen and oxygen atoms in total. The molecule has 1 N–H and O–H groups in total. The van der Waals surface area contributed by atoms with E-state index in [1.807, 2.05) is 0 Å². The number of aromatic carboxylic acids is 1. The number of aromatic nitrogens is 1. The Balaban J connectivity index is 2.11. The standard InChI is InChI=1S/C13H19NO6/c1-17-5-6-18-7-8-19-9-10-20-11-3-2-4-14-12(11)13(15)16/h2-4H,5-10H2,1H3,(H,15,16). The molecular formula is C13H19NO6. The monoisotopic (exact) mass is 285 g/mol. The molecule has 0 amide bonds. The summed E-state index contributed by atoms with van der Waals surface area (Å²) in [7, 11) is 1.61. The summed E-state index contributed by atoms with van der Waals surface area (Å²) < 4.78 is 20.6. The normalized spacial score (nSPS) is 10.4. The molecule has 0 saturated heterocycles. The first kappa shape index (κ1) is 16.4. The Morgan fingerprint density at radius 2 is 1.80 bits per heavy atom. The molecule has 1 aromatic rings. The summed E-state index contributed by atoms with van der Waals surface area (Å²) in [5, 5.41) is 8.91. The van der Waals surface area contributed by atoms with Gasteiger partial charge in [0.25, 0.3) is 0 Å². The van der Waals surface area contributed by atoms with E-state index in [0.29, 0.717) is 33.0 Å². The Labute approximate surface area is 117 Å². The SMILES string of the molecule is COCCOCCOCCOc1cccnc1C(=O)O. The van der Waals surface area contributed by atoms with Crippen molar-refractivity contribution in [1.29, 1.82) is 0 Å². The molecule has 20 heavy (non-hydrogen) atoms. The molecule has 0 atom stereocenters. The van der Waals surface area contributed by atoms with Crippen molar-refractivity contribution in [2.45, 2.75) is 0 Å². The molecular weight excluding hydrogens is 266 g/mol. The second-order valence-electron chi connectivity index (χ2n) is 3.72. The third kappa shape index (κ3) is 6.46. The number of carboxylic acid groups (broad SMARTS) is 1. The van der Waals surface area contributed by atoms with Gasteiger partial charge < -0.3 is 24.1 Å². The first-order chi connectivity index (χ1) is 9.75. The Kier molecular flexibility index (Phi) is 8.28. The highest BCUT2D eigenvalue weighted by atomic mass is 16.6. The van der Waals surface area contributed by atoms with Gasteiger partial charge in [-0.25, -0.2) is 9.78 Å². The summed E-state index contributed by atoms with van der Waals surface area (Å²) in [6.45, 7) is 2.63. The fourth-order valence-corrected chi connectivity index (χ4v) is 1.34. The minimum Gasteiger partial charge on any atom is -0.489 e. The van der Waals surface area contributed by atoms with Gasteiger partial charge in [-0.3, -0.25) is 0 Å². The Hall–Kier alpha value is -1.70. The van der Waals surface area contributed by atoms with Crippen molar-refractivity contribution in [2.75, 3.05) is 46.8 Å². The fourth-order valence-electron chi connectivity index (χ4n) is 1.34. The number of hydrogen-bond donors (Lipinski definition) is 1. The van der Waals surface area contributed by atoms with Gasteiger partial charge in [0, 0.05) is 13.3 Å². The lowest BCUT2D eigenvalue weighted by atomic mass is 10.3. The van der Waals surface area contributed by atoms with E-state index in [-0.39, 0.29) is 18.1 Å². The summed E-state index contributed by atoms with van der Waals surface area (Å²) in [5.41, 5.74) is -0.101. The van der Waals surface area contributed by atoms with Gasteiger partial charge in [0.1, 0.15) is 6.61 Å². The number of pyridine rings is 1. The summed E-state index contributed by atoms with van der Waals surface area (Å²) in [6, 6.07) is 3.18. The summed E-state index contributed by atoms with van der Waals surface area (Å²) in [5.74, 6) is -0.881. The van der Waals surface area contributed by atoms with Crippen molar-refractivity contribution in [1.82, 2.24) is 4.98 Å². The van der Waals surface area contributed by atoms with Crippen LogP contribution in [0.4, 0.5) is 0 Å². The minimum atomic E-state index is -1.12. The van der Waals surface area contributed by atoms with Crippen LogP contribution >= 0.6 is 0 Å². The van der Waals surface area contributed by atoms with Gasteiger partial charge in [-0.2, -0.15) is 0 Å². The largest absolute Gasteiger partial charge is 0.489 e. The van der Waals surface area contributed by atoms with Crippen molar-refractivity contribution < 1.29 is 28.8 Å². The molecule has 0 bridgehead atoms. The maximum atomic E-state index is 10.9. The van der Waals surface area contributed by atoms with Crippen LogP contribution in [-0.4, -0.2) is 62.8 Å². The molecule has 0 aliphatic carbocycles.